The minimum absolute atomic E-state index is 0.0646. The van der Waals surface area contributed by atoms with E-state index in [4.69, 9.17) is 5.26 Å². The normalized spacial score (nSPS) is 10.2. The molecule has 0 aromatic heterocycles. The zero-order chi connectivity index (χ0) is 12.3. The third-order valence-corrected chi connectivity index (χ3v) is 2.42. The number of hydrogen-bond donors (Lipinski definition) is 0. The van der Waals surface area contributed by atoms with E-state index < -0.39 is 6.43 Å². The van der Waals surface area contributed by atoms with Crippen LogP contribution < -0.4 is 0 Å². The van der Waals surface area contributed by atoms with Crippen LogP contribution in [0.3, 0.4) is 0 Å². The van der Waals surface area contributed by atoms with Crippen molar-refractivity contribution in [3.05, 3.63) is 34.4 Å². The first-order valence-corrected chi connectivity index (χ1v) is 4.87. The predicted molar refractivity (Wildman–Crippen MR) is 55.5 cm³/mol. The number of halogens is 2. The Morgan fingerprint density at radius 2 is 2.12 bits per heavy atom. The third-order valence-electron chi connectivity index (χ3n) is 2.42. The number of Topliss-reactive ketones (excluding diaryl/α,β-unsaturated/α-hetero) is 1. The zero-order valence-electron chi connectivity index (χ0n) is 9.05. The van der Waals surface area contributed by atoms with Crippen molar-refractivity contribution in [3.8, 4) is 6.07 Å². The zero-order valence-corrected chi connectivity index (χ0v) is 9.05. The molecule has 0 unspecified atom stereocenters. The summed E-state index contributed by atoms with van der Waals surface area (Å²) in [6.45, 7) is 3.09. The maximum Gasteiger partial charge on any atom is 0.265 e. The molecule has 0 heterocycles. The van der Waals surface area contributed by atoms with Crippen LogP contribution in [0.1, 0.15) is 47.3 Å². The number of benzene rings is 1. The summed E-state index contributed by atoms with van der Waals surface area (Å²) < 4.78 is 25.3. The summed E-state index contributed by atoms with van der Waals surface area (Å²) in [5, 5.41) is 8.89. The van der Waals surface area contributed by atoms with E-state index in [2.05, 4.69) is 0 Å². The van der Waals surface area contributed by atoms with Gasteiger partial charge >= 0.3 is 0 Å². The summed E-state index contributed by atoms with van der Waals surface area (Å²) in [6.07, 6.45) is -2.31. The van der Waals surface area contributed by atoms with Crippen molar-refractivity contribution in [2.24, 2.45) is 0 Å². The van der Waals surface area contributed by atoms with Gasteiger partial charge in [0.15, 0.2) is 5.78 Å². The molecule has 0 aliphatic heterocycles. The predicted octanol–water partition coefficient (Wildman–Crippen LogP) is 3.26. The molecule has 0 fully saturated rings. The van der Waals surface area contributed by atoms with Crippen LogP contribution in [0, 0.1) is 11.3 Å². The second-order valence-corrected chi connectivity index (χ2v) is 3.38. The number of rotatable bonds is 3. The van der Waals surface area contributed by atoms with Crippen LogP contribution in [-0.2, 0) is 6.42 Å². The van der Waals surface area contributed by atoms with E-state index in [0.717, 1.165) is 6.07 Å². The lowest BCUT2D eigenvalue weighted by molar-refractivity contribution is 0.101. The molecule has 1 aromatic rings. The molecule has 0 saturated carbocycles. The summed E-state index contributed by atoms with van der Waals surface area (Å²) >= 11 is 0. The molecule has 0 aliphatic carbocycles. The molecule has 0 bridgehead atoms. The Kier molecular flexibility index (Phi) is 3.73. The van der Waals surface area contributed by atoms with Gasteiger partial charge in [-0.3, -0.25) is 4.79 Å². The number of hydrogen-bond acceptors (Lipinski definition) is 2. The average Bonchev–Trinajstić information content (AvgIpc) is 2.26. The second-order valence-electron chi connectivity index (χ2n) is 3.38. The van der Waals surface area contributed by atoms with E-state index >= 15 is 0 Å². The van der Waals surface area contributed by atoms with Crippen LogP contribution in [0.2, 0.25) is 0 Å². The Hall–Kier alpha value is -1.76. The monoisotopic (exact) mass is 223 g/mol. The van der Waals surface area contributed by atoms with E-state index in [1.54, 1.807) is 13.0 Å². The Balaban J connectivity index is 3.54. The van der Waals surface area contributed by atoms with Gasteiger partial charge in [0.1, 0.15) is 0 Å². The molecule has 1 aromatic carbocycles. The summed E-state index contributed by atoms with van der Waals surface area (Å²) in [4.78, 5) is 11.3. The van der Waals surface area contributed by atoms with E-state index in [-0.39, 0.29) is 16.9 Å². The van der Waals surface area contributed by atoms with Crippen molar-refractivity contribution < 1.29 is 13.6 Å². The standard InChI is InChI=1S/C12H11F2NO/c1-3-8-9(7(2)16)4-5-10(12(13)14)11(8)6-15/h4-5,12H,3H2,1-2H3. The van der Waals surface area contributed by atoms with Crippen molar-refractivity contribution in [2.45, 2.75) is 26.7 Å². The Labute approximate surface area is 92.5 Å². The van der Waals surface area contributed by atoms with Crippen LogP contribution in [0.5, 0.6) is 0 Å². The molecule has 1 rings (SSSR count). The van der Waals surface area contributed by atoms with Crippen molar-refractivity contribution in [1.29, 1.82) is 5.26 Å². The lowest BCUT2D eigenvalue weighted by Crippen LogP contribution is -2.05. The van der Waals surface area contributed by atoms with Gasteiger partial charge in [0.25, 0.3) is 6.43 Å². The van der Waals surface area contributed by atoms with E-state index in [1.165, 1.54) is 13.0 Å². The number of carbonyl (C=O) groups is 1. The van der Waals surface area contributed by atoms with Gasteiger partial charge in [0.05, 0.1) is 11.6 Å². The van der Waals surface area contributed by atoms with Crippen LogP contribution in [-0.4, -0.2) is 5.78 Å². The fourth-order valence-electron chi connectivity index (χ4n) is 1.68. The van der Waals surface area contributed by atoms with Gasteiger partial charge in [-0.15, -0.1) is 0 Å². The number of ketones is 1. The molecule has 0 atom stereocenters. The smallest absolute Gasteiger partial charge is 0.265 e. The van der Waals surface area contributed by atoms with Crippen LogP contribution in [0.25, 0.3) is 0 Å². The Morgan fingerprint density at radius 1 is 1.50 bits per heavy atom. The van der Waals surface area contributed by atoms with E-state index in [1.807, 2.05) is 0 Å². The van der Waals surface area contributed by atoms with Gasteiger partial charge in [0.2, 0.25) is 0 Å². The van der Waals surface area contributed by atoms with Gasteiger partial charge in [0, 0.05) is 11.1 Å². The lowest BCUT2D eigenvalue weighted by Gasteiger charge is -2.11. The molecule has 2 nitrogen and oxygen atoms in total. The molecular weight excluding hydrogens is 212 g/mol. The first-order chi connectivity index (χ1) is 7.52. The minimum atomic E-state index is -2.69. The average molecular weight is 223 g/mol. The fraction of sp³-hybridized carbons (Fsp3) is 0.333. The largest absolute Gasteiger partial charge is 0.295 e. The minimum Gasteiger partial charge on any atom is -0.295 e. The topological polar surface area (TPSA) is 40.9 Å². The number of alkyl halides is 2. The van der Waals surface area contributed by atoms with Gasteiger partial charge < -0.3 is 0 Å². The first kappa shape index (κ1) is 12.3. The Bertz CT molecular complexity index is 461. The molecular formula is C12H11F2NO. The number of carbonyl (C=O) groups excluding carboxylic acids is 1. The highest BCUT2D eigenvalue weighted by atomic mass is 19.3. The molecule has 0 amide bonds. The molecule has 84 valence electrons. The van der Waals surface area contributed by atoms with Crippen LogP contribution >= 0.6 is 0 Å². The summed E-state index contributed by atoms with van der Waals surface area (Å²) in [5.41, 5.74) is 0.394. The van der Waals surface area contributed by atoms with Crippen molar-refractivity contribution in [2.75, 3.05) is 0 Å². The van der Waals surface area contributed by atoms with Gasteiger partial charge in [-0.2, -0.15) is 5.26 Å². The SMILES string of the molecule is CCc1c(C(C)=O)ccc(C(F)F)c1C#N. The van der Waals surface area contributed by atoms with E-state index in [9.17, 15) is 13.6 Å². The van der Waals surface area contributed by atoms with Crippen molar-refractivity contribution >= 4 is 5.78 Å². The fourth-order valence-corrected chi connectivity index (χ4v) is 1.68. The highest BCUT2D eigenvalue weighted by Crippen LogP contribution is 2.27. The highest BCUT2D eigenvalue weighted by molar-refractivity contribution is 5.96. The third kappa shape index (κ3) is 2.08. The Morgan fingerprint density at radius 3 is 2.50 bits per heavy atom. The van der Waals surface area contributed by atoms with Crippen LogP contribution in [0.15, 0.2) is 12.1 Å². The number of nitriles is 1. The molecule has 0 radical (unpaired) electrons. The van der Waals surface area contributed by atoms with Gasteiger partial charge in [-0.05, 0) is 18.9 Å². The van der Waals surface area contributed by atoms with Crippen molar-refractivity contribution in [3.63, 3.8) is 0 Å². The molecule has 16 heavy (non-hydrogen) atoms. The molecule has 4 heteroatoms. The lowest BCUT2D eigenvalue weighted by atomic mass is 9.93. The second kappa shape index (κ2) is 4.84. The van der Waals surface area contributed by atoms with Crippen molar-refractivity contribution in [1.82, 2.24) is 0 Å². The highest BCUT2D eigenvalue weighted by Gasteiger charge is 2.19. The molecule has 0 N–H and O–H groups in total. The summed E-state index contributed by atoms with van der Waals surface area (Å²) in [7, 11) is 0. The summed E-state index contributed by atoms with van der Waals surface area (Å²) in [5.74, 6) is -0.214. The summed E-state index contributed by atoms with van der Waals surface area (Å²) in [6, 6.07) is 4.28. The van der Waals surface area contributed by atoms with Gasteiger partial charge in [-0.1, -0.05) is 19.1 Å². The quantitative estimate of drug-likeness (QED) is 0.738. The number of nitrogens with zero attached hydrogens (tertiary/aromatic N) is 1. The molecule has 0 aliphatic rings. The maximum atomic E-state index is 12.6. The van der Waals surface area contributed by atoms with Crippen LogP contribution in [0.4, 0.5) is 8.78 Å². The maximum absolute atomic E-state index is 12.6. The van der Waals surface area contributed by atoms with E-state index in [0.29, 0.717) is 17.5 Å². The molecule has 0 saturated heterocycles. The van der Waals surface area contributed by atoms with Gasteiger partial charge in [-0.25, -0.2) is 8.78 Å². The first-order valence-electron chi connectivity index (χ1n) is 4.87. The molecule has 0 spiro atoms.